The fourth-order valence-electron chi connectivity index (χ4n) is 3.81. The molecule has 0 unspecified atom stereocenters. The van der Waals surface area contributed by atoms with Gasteiger partial charge in [0.05, 0.1) is 19.0 Å². The molecule has 0 aliphatic rings. The van der Waals surface area contributed by atoms with Crippen molar-refractivity contribution in [1.82, 2.24) is 10.4 Å². The minimum Gasteiger partial charge on any atom is -0.493 e. The first-order valence-electron chi connectivity index (χ1n) is 12.4. The number of aromatic nitrogens is 1. The van der Waals surface area contributed by atoms with Gasteiger partial charge in [0.1, 0.15) is 12.4 Å². The van der Waals surface area contributed by atoms with E-state index in [1.54, 1.807) is 42.5 Å². The number of methoxy groups -OCH3 is 1. The molecule has 4 aromatic carbocycles. The van der Waals surface area contributed by atoms with Crippen molar-refractivity contribution in [3.05, 3.63) is 124 Å². The van der Waals surface area contributed by atoms with Gasteiger partial charge in [0, 0.05) is 27.2 Å². The lowest BCUT2D eigenvalue weighted by Gasteiger charge is -2.11. The summed E-state index contributed by atoms with van der Waals surface area (Å²) in [6, 6.07) is 26.0. The highest BCUT2D eigenvalue weighted by Gasteiger charge is 2.09. The van der Waals surface area contributed by atoms with Gasteiger partial charge in [0.2, 0.25) is 0 Å². The molecule has 10 heteroatoms. The molecule has 7 nitrogen and oxygen atoms in total. The third-order valence-electron chi connectivity index (χ3n) is 5.89. The highest BCUT2D eigenvalue weighted by atomic mass is 35.5. The van der Waals surface area contributed by atoms with E-state index >= 15 is 0 Å². The van der Waals surface area contributed by atoms with Gasteiger partial charge < -0.3 is 14.8 Å². The zero-order valence-electron chi connectivity index (χ0n) is 21.8. The van der Waals surface area contributed by atoms with Crippen LogP contribution in [0.2, 0.25) is 5.02 Å². The van der Waals surface area contributed by atoms with Gasteiger partial charge in [-0.15, -0.1) is 11.3 Å². The second kappa shape index (κ2) is 13.1. The van der Waals surface area contributed by atoms with Gasteiger partial charge >= 0.3 is 0 Å². The average molecular weight is 587 g/mol. The van der Waals surface area contributed by atoms with Gasteiger partial charge in [-0.2, -0.15) is 5.10 Å². The minimum atomic E-state index is -0.349. The Morgan fingerprint density at radius 3 is 2.59 bits per heavy atom. The molecule has 0 bridgehead atoms. The summed E-state index contributed by atoms with van der Waals surface area (Å²) in [5.74, 6) is 0.324. The SMILES string of the molecule is COc1cc(/C=N\NC(=O)c2ccc(-c3csc(Nc4ccc(Cl)cc4)n3)cc2)ccc1OCc1cccc(F)c1. The Bertz CT molecular complexity index is 1670. The second-order valence-electron chi connectivity index (χ2n) is 8.78. The molecule has 1 amide bonds. The molecule has 0 fully saturated rings. The minimum absolute atomic E-state index is 0.195. The standard InChI is InChI=1S/C31H24ClFN4O3S/c1-39-29-16-20(5-14-28(29)40-18-21-3-2-4-25(33)15-21)17-34-37-30(38)23-8-6-22(7-9-23)27-19-41-31(36-27)35-26-12-10-24(32)11-13-26/h2-17,19H,18H2,1H3,(H,35,36)(H,37,38)/b34-17-. The molecule has 206 valence electrons. The van der Waals surface area contributed by atoms with Crippen molar-refractivity contribution < 1.29 is 18.7 Å². The Hall–Kier alpha value is -4.73. The number of hydrogen-bond donors (Lipinski definition) is 2. The second-order valence-corrected chi connectivity index (χ2v) is 10.1. The smallest absolute Gasteiger partial charge is 0.271 e. The Labute approximate surface area is 245 Å². The lowest BCUT2D eigenvalue weighted by atomic mass is 10.1. The van der Waals surface area contributed by atoms with Crippen LogP contribution >= 0.6 is 22.9 Å². The summed E-state index contributed by atoms with van der Waals surface area (Å²) in [4.78, 5) is 17.2. The molecule has 5 rings (SSSR count). The van der Waals surface area contributed by atoms with Gasteiger partial charge in [-0.05, 0) is 77.9 Å². The predicted molar refractivity (Wildman–Crippen MR) is 161 cm³/mol. The Kier molecular flexibility index (Phi) is 8.88. The molecule has 0 spiro atoms. The number of nitrogens with one attached hydrogen (secondary N) is 2. The van der Waals surface area contributed by atoms with E-state index in [1.165, 1.54) is 36.8 Å². The Morgan fingerprint density at radius 1 is 1.02 bits per heavy atom. The van der Waals surface area contributed by atoms with Crippen LogP contribution in [0.15, 0.2) is 101 Å². The highest BCUT2D eigenvalue weighted by molar-refractivity contribution is 7.14. The maximum Gasteiger partial charge on any atom is 0.271 e. The van der Waals surface area contributed by atoms with Crippen molar-refractivity contribution in [3.8, 4) is 22.8 Å². The third-order valence-corrected chi connectivity index (χ3v) is 6.90. The maximum absolute atomic E-state index is 13.4. The summed E-state index contributed by atoms with van der Waals surface area (Å²) < 4.78 is 24.6. The molecule has 2 N–H and O–H groups in total. The van der Waals surface area contributed by atoms with Crippen molar-refractivity contribution in [2.45, 2.75) is 6.61 Å². The van der Waals surface area contributed by atoms with Crippen LogP contribution in [0.3, 0.4) is 0 Å². The normalized spacial score (nSPS) is 10.9. The van der Waals surface area contributed by atoms with Crippen LogP contribution in [0.1, 0.15) is 21.5 Å². The summed E-state index contributed by atoms with van der Waals surface area (Å²) in [6.07, 6.45) is 1.51. The number of carbonyl (C=O) groups is 1. The fourth-order valence-corrected chi connectivity index (χ4v) is 4.68. The largest absolute Gasteiger partial charge is 0.493 e. The van der Waals surface area contributed by atoms with Crippen molar-refractivity contribution in [1.29, 1.82) is 0 Å². The van der Waals surface area contributed by atoms with E-state index in [2.05, 4.69) is 20.8 Å². The number of amides is 1. The summed E-state index contributed by atoms with van der Waals surface area (Å²) in [5.41, 5.74) is 6.98. The molecule has 41 heavy (non-hydrogen) atoms. The molecule has 1 heterocycles. The Balaban J connectivity index is 1.16. The molecule has 0 radical (unpaired) electrons. The molecule has 0 saturated heterocycles. The number of hydrazone groups is 1. The summed E-state index contributed by atoms with van der Waals surface area (Å²) in [7, 11) is 1.53. The quantitative estimate of drug-likeness (QED) is 0.129. The average Bonchev–Trinajstić information content (AvgIpc) is 3.46. The Morgan fingerprint density at radius 2 is 1.83 bits per heavy atom. The van der Waals surface area contributed by atoms with E-state index in [0.29, 0.717) is 33.2 Å². The van der Waals surface area contributed by atoms with Crippen LogP contribution in [0.25, 0.3) is 11.3 Å². The first-order valence-corrected chi connectivity index (χ1v) is 13.7. The number of ether oxygens (including phenoxy) is 2. The van der Waals surface area contributed by atoms with E-state index in [9.17, 15) is 9.18 Å². The van der Waals surface area contributed by atoms with Crippen LogP contribution in [0, 0.1) is 5.82 Å². The maximum atomic E-state index is 13.4. The highest BCUT2D eigenvalue weighted by Crippen LogP contribution is 2.29. The molecule has 0 aliphatic carbocycles. The molecule has 5 aromatic rings. The molecule has 1 aromatic heterocycles. The van der Waals surface area contributed by atoms with E-state index in [4.69, 9.17) is 21.1 Å². The van der Waals surface area contributed by atoms with Crippen LogP contribution in [0.5, 0.6) is 11.5 Å². The number of nitrogens with zero attached hydrogens (tertiary/aromatic N) is 2. The zero-order valence-corrected chi connectivity index (χ0v) is 23.4. The van der Waals surface area contributed by atoms with Gasteiger partial charge in [-0.3, -0.25) is 4.79 Å². The number of halogens is 2. The lowest BCUT2D eigenvalue weighted by molar-refractivity contribution is 0.0955. The molecular weight excluding hydrogens is 563 g/mol. The van der Waals surface area contributed by atoms with E-state index in [-0.39, 0.29) is 18.3 Å². The van der Waals surface area contributed by atoms with Crippen LogP contribution < -0.4 is 20.2 Å². The molecule has 0 atom stereocenters. The summed E-state index contributed by atoms with van der Waals surface area (Å²) in [6.45, 7) is 0.195. The van der Waals surface area contributed by atoms with E-state index < -0.39 is 0 Å². The predicted octanol–water partition coefficient (Wildman–Crippen LogP) is 7.70. The van der Waals surface area contributed by atoms with Crippen molar-refractivity contribution in [3.63, 3.8) is 0 Å². The number of carbonyl (C=O) groups excluding carboxylic acids is 1. The zero-order chi connectivity index (χ0) is 28.6. The molecule has 0 aliphatic heterocycles. The van der Waals surface area contributed by atoms with Crippen molar-refractivity contribution in [2.75, 3.05) is 12.4 Å². The van der Waals surface area contributed by atoms with Gasteiger partial charge in [-0.1, -0.05) is 35.9 Å². The number of hydrogen-bond acceptors (Lipinski definition) is 7. The summed E-state index contributed by atoms with van der Waals surface area (Å²) in [5, 5.41) is 10.7. The van der Waals surface area contributed by atoms with E-state index in [1.807, 2.05) is 41.8 Å². The number of rotatable bonds is 10. The number of thiazole rings is 1. The lowest BCUT2D eigenvalue weighted by Crippen LogP contribution is -2.17. The van der Waals surface area contributed by atoms with Crippen LogP contribution in [-0.4, -0.2) is 24.2 Å². The fraction of sp³-hybridized carbons (Fsp3) is 0.0645. The van der Waals surface area contributed by atoms with Gasteiger partial charge in [0.15, 0.2) is 16.6 Å². The third kappa shape index (κ3) is 7.47. The number of benzene rings is 4. The number of anilines is 2. The first-order chi connectivity index (χ1) is 20.0. The van der Waals surface area contributed by atoms with E-state index in [0.717, 1.165) is 22.1 Å². The monoisotopic (exact) mass is 586 g/mol. The summed E-state index contributed by atoms with van der Waals surface area (Å²) >= 11 is 7.43. The van der Waals surface area contributed by atoms with Crippen molar-refractivity contribution >= 4 is 45.9 Å². The van der Waals surface area contributed by atoms with Crippen LogP contribution in [-0.2, 0) is 6.61 Å². The topological polar surface area (TPSA) is 84.8 Å². The first kappa shape index (κ1) is 27.8. The van der Waals surface area contributed by atoms with Crippen LogP contribution in [0.4, 0.5) is 15.2 Å². The van der Waals surface area contributed by atoms with Gasteiger partial charge in [-0.25, -0.2) is 14.8 Å². The molecule has 0 saturated carbocycles. The van der Waals surface area contributed by atoms with Crippen molar-refractivity contribution in [2.24, 2.45) is 5.10 Å². The molecular formula is C31H24ClFN4O3S. The van der Waals surface area contributed by atoms with Gasteiger partial charge in [0.25, 0.3) is 5.91 Å².